The molecule has 0 saturated heterocycles. The molecule has 0 atom stereocenters. The van der Waals surface area contributed by atoms with Crippen molar-refractivity contribution < 1.29 is 22.7 Å². The first-order chi connectivity index (χ1) is 8.70. The van der Waals surface area contributed by atoms with Crippen molar-refractivity contribution in [1.29, 1.82) is 0 Å². The summed E-state index contributed by atoms with van der Waals surface area (Å²) in [6.07, 6.45) is -4.79. The molecule has 102 valence electrons. The maximum atomic E-state index is 13.7. The molecule has 1 heterocycles. The fourth-order valence-corrected chi connectivity index (χ4v) is 1.43. The van der Waals surface area contributed by atoms with E-state index in [1.165, 1.54) is 6.92 Å². The topological polar surface area (TPSA) is 77.0 Å². The third kappa shape index (κ3) is 2.30. The molecule has 2 rings (SSSR count). The van der Waals surface area contributed by atoms with Crippen molar-refractivity contribution in [2.45, 2.75) is 13.1 Å². The van der Waals surface area contributed by atoms with Gasteiger partial charge in [-0.05, 0) is 18.6 Å². The number of aryl methyl sites for hydroxylation is 1. The van der Waals surface area contributed by atoms with Gasteiger partial charge in [0.2, 0.25) is 5.95 Å². The van der Waals surface area contributed by atoms with Crippen molar-refractivity contribution in [2.24, 2.45) is 0 Å². The van der Waals surface area contributed by atoms with Gasteiger partial charge in [0, 0.05) is 6.07 Å². The first kappa shape index (κ1) is 13.1. The van der Waals surface area contributed by atoms with E-state index in [0.717, 1.165) is 12.1 Å². The number of benzene rings is 1. The standard InChI is InChI=1S/C10H8F4N4O/c1-4-2-5(11)6(3-7(4)19)18-9(15)16-8(17-18)10(12,13)14/h2-3,19H,1H3,(H2,15,16,17). The number of hydrogen-bond acceptors (Lipinski definition) is 4. The average Bonchev–Trinajstić information content (AvgIpc) is 2.65. The van der Waals surface area contributed by atoms with Gasteiger partial charge in [0.1, 0.15) is 17.3 Å². The van der Waals surface area contributed by atoms with Crippen LogP contribution in [0.25, 0.3) is 5.69 Å². The van der Waals surface area contributed by atoms with Crippen LogP contribution < -0.4 is 5.73 Å². The molecule has 0 unspecified atom stereocenters. The van der Waals surface area contributed by atoms with E-state index in [-0.39, 0.29) is 11.3 Å². The minimum Gasteiger partial charge on any atom is -0.508 e. The zero-order valence-corrected chi connectivity index (χ0v) is 9.53. The first-order valence-electron chi connectivity index (χ1n) is 4.99. The smallest absolute Gasteiger partial charge is 0.453 e. The molecule has 0 aliphatic heterocycles. The van der Waals surface area contributed by atoms with Gasteiger partial charge in [0.15, 0.2) is 0 Å². The van der Waals surface area contributed by atoms with E-state index < -0.39 is 29.5 Å². The van der Waals surface area contributed by atoms with Crippen LogP contribution in [0.3, 0.4) is 0 Å². The molecule has 1 aromatic heterocycles. The maximum Gasteiger partial charge on any atom is 0.453 e. The molecule has 1 aromatic carbocycles. The van der Waals surface area contributed by atoms with Gasteiger partial charge in [-0.15, -0.1) is 5.10 Å². The average molecular weight is 276 g/mol. The number of nitrogens with two attached hydrogens (primary N) is 1. The molecular formula is C10H8F4N4O. The normalized spacial score (nSPS) is 11.8. The minimum atomic E-state index is -4.79. The maximum absolute atomic E-state index is 13.7. The van der Waals surface area contributed by atoms with E-state index in [1.54, 1.807) is 0 Å². The predicted molar refractivity (Wildman–Crippen MR) is 57.1 cm³/mol. The fourth-order valence-electron chi connectivity index (χ4n) is 1.43. The van der Waals surface area contributed by atoms with Crippen molar-refractivity contribution in [1.82, 2.24) is 14.8 Å². The van der Waals surface area contributed by atoms with Crippen LogP contribution in [0.4, 0.5) is 23.5 Å². The Balaban J connectivity index is 2.60. The third-order valence-electron chi connectivity index (χ3n) is 2.38. The number of phenolic OH excluding ortho intramolecular Hbond substituents is 1. The number of rotatable bonds is 1. The van der Waals surface area contributed by atoms with E-state index in [9.17, 15) is 22.7 Å². The Hall–Kier alpha value is -2.32. The summed E-state index contributed by atoms with van der Waals surface area (Å²) < 4.78 is 51.4. The van der Waals surface area contributed by atoms with Crippen LogP contribution in [-0.2, 0) is 6.18 Å². The highest BCUT2D eigenvalue weighted by Crippen LogP contribution is 2.29. The summed E-state index contributed by atoms with van der Waals surface area (Å²) in [7, 11) is 0. The molecule has 0 aliphatic carbocycles. The summed E-state index contributed by atoms with van der Waals surface area (Å²) in [4.78, 5) is 3.01. The third-order valence-corrected chi connectivity index (χ3v) is 2.38. The fraction of sp³-hybridized carbons (Fsp3) is 0.200. The van der Waals surface area contributed by atoms with Gasteiger partial charge >= 0.3 is 6.18 Å². The van der Waals surface area contributed by atoms with Crippen LogP contribution in [0.1, 0.15) is 11.4 Å². The highest BCUT2D eigenvalue weighted by atomic mass is 19.4. The van der Waals surface area contributed by atoms with Crippen molar-refractivity contribution >= 4 is 5.95 Å². The van der Waals surface area contributed by atoms with Crippen LogP contribution in [0, 0.1) is 12.7 Å². The molecule has 0 spiro atoms. The highest BCUT2D eigenvalue weighted by Gasteiger charge is 2.37. The number of aromatic nitrogens is 3. The highest BCUT2D eigenvalue weighted by molar-refractivity contribution is 5.47. The quantitative estimate of drug-likeness (QED) is 0.781. The summed E-state index contributed by atoms with van der Waals surface area (Å²) in [5.41, 5.74) is 5.09. The van der Waals surface area contributed by atoms with Gasteiger partial charge in [0.25, 0.3) is 5.82 Å². The number of hydrogen-bond donors (Lipinski definition) is 2. The minimum absolute atomic E-state index is 0.232. The number of halogens is 4. The second kappa shape index (κ2) is 4.11. The Morgan fingerprint density at radius 1 is 1.32 bits per heavy atom. The number of anilines is 1. The van der Waals surface area contributed by atoms with Gasteiger partial charge in [-0.25, -0.2) is 4.39 Å². The number of nitrogens with zero attached hydrogens (tertiary/aromatic N) is 3. The zero-order chi connectivity index (χ0) is 14.4. The summed E-state index contributed by atoms with van der Waals surface area (Å²) in [6, 6.07) is 1.88. The molecular weight excluding hydrogens is 268 g/mol. The van der Waals surface area contributed by atoms with E-state index in [0.29, 0.717) is 4.68 Å². The van der Waals surface area contributed by atoms with Crippen LogP contribution in [-0.4, -0.2) is 19.9 Å². The van der Waals surface area contributed by atoms with Gasteiger partial charge in [0.05, 0.1) is 0 Å². The number of aromatic hydroxyl groups is 1. The monoisotopic (exact) mass is 276 g/mol. The van der Waals surface area contributed by atoms with Gasteiger partial charge < -0.3 is 10.8 Å². The zero-order valence-electron chi connectivity index (χ0n) is 9.53. The predicted octanol–water partition coefficient (Wildman–Crippen LogP) is 2.02. The second-order valence-electron chi connectivity index (χ2n) is 3.79. The summed E-state index contributed by atoms with van der Waals surface area (Å²) in [6.45, 7) is 1.44. The summed E-state index contributed by atoms with van der Waals surface area (Å²) >= 11 is 0. The van der Waals surface area contributed by atoms with E-state index in [4.69, 9.17) is 5.73 Å². The van der Waals surface area contributed by atoms with E-state index >= 15 is 0 Å². The van der Waals surface area contributed by atoms with Crippen LogP contribution in [0.15, 0.2) is 12.1 Å². The number of alkyl halides is 3. The lowest BCUT2D eigenvalue weighted by atomic mass is 10.2. The molecule has 19 heavy (non-hydrogen) atoms. The lowest BCUT2D eigenvalue weighted by Crippen LogP contribution is -2.09. The molecule has 0 fully saturated rings. The molecule has 5 nitrogen and oxygen atoms in total. The van der Waals surface area contributed by atoms with Crippen LogP contribution in [0.5, 0.6) is 5.75 Å². The van der Waals surface area contributed by atoms with Crippen molar-refractivity contribution in [2.75, 3.05) is 5.73 Å². The van der Waals surface area contributed by atoms with Crippen molar-refractivity contribution in [3.8, 4) is 11.4 Å². The first-order valence-corrected chi connectivity index (χ1v) is 4.99. The largest absolute Gasteiger partial charge is 0.508 e. The lowest BCUT2D eigenvalue weighted by molar-refractivity contribution is -0.144. The number of nitrogen functional groups attached to an aromatic ring is 1. The Labute approximate surface area is 104 Å². The molecule has 0 aliphatic rings. The van der Waals surface area contributed by atoms with E-state index in [2.05, 4.69) is 10.1 Å². The van der Waals surface area contributed by atoms with Crippen molar-refractivity contribution in [3.63, 3.8) is 0 Å². The SMILES string of the molecule is Cc1cc(F)c(-n2nc(C(F)(F)F)nc2N)cc1O. The Bertz CT molecular complexity index is 635. The molecule has 0 bridgehead atoms. The van der Waals surface area contributed by atoms with Gasteiger partial charge in [-0.3, -0.25) is 0 Å². The summed E-state index contributed by atoms with van der Waals surface area (Å²) in [5.74, 6) is -3.28. The Kier molecular flexibility index (Phi) is 2.84. The Morgan fingerprint density at radius 3 is 2.47 bits per heavy atom. The van der Waals surface area contributed by atoms with Gasteiger partial charge in [-0.2, -0.15) is 22.8 Å². The van der Waals surface area contributed by atoms with Gasteiger partial charge in [-0.1, -0.05) is 0 Å². The van der Waals surface area contributed by atoms with Crippen LogP contribution in [0.2, 0.25) is 0 Å². The molecule has 0 radical (unpaired) electrons. The van der Waals surface area contributed by atoms with Crippen LogP contribution >= 0.6 is 0 Å². The molecule has 9 heteroatoms. The van der Waals surface area contributed by atoms with E-state index in [1.807, 2.05) is 0 Å². The number of phenols is 1. The lowest BCUT2D eigenvalue weighted by Gasteiger charge is -2.07. The summed E-state index contributed by atoms with van der Waals surface area (Å²) in [5, 5.41) is 12.5. The molecule has 0 amide bonds. The Morgan fingerprint density at radius 2 is 1.95 bits per heavy atom. The molecule has 3 N–H and O–H groups in total. The molecule has 2 aromatic rings. The molecule has 0 saturated carbocycles. The second-order valence-corrected chi connectivity index (χ2v) is 3.79. The van der Waals surface area contributed by atoms with Crippen molar-refractivity contribution in [3.05, 3.63) is 29.3 Å².